The summed E-state index contributed by atoms with van der Waals surface area (Å²) in [7, 11) is 0.172. The van der Waals surface area contributed by atoms with Crippen molar-refractivity contribution >= 4 is 21.4 Å². The molecule has 114 valence electrons. The highest BCUT2D eigenvalue weighted by Gasteiger charge is 2.31. The van der Waals surface area contributed by atoms with Gasteiger partial charge in [0.05, 0.1) is 4.90 Å². The molecule has 0 saturated carbocycles. The molecule has 5 nitrogen and oxygen atoms in total. The SMILES string of the molecule is CNCc1sccc1S(=O)(=O)N1CCC(COC)CC1. The predicted octanol–water partition coefficient (Wildman–Crippen LogP) is 1.51. The van der Waals surface area contributed by atoms with Crippen LogP contribution in [0.1, 0.15) is 17.7 Å². The third-order valence-corrected chi connectivity index (χ3v) is 6.67. The van der Waals surface area contributed by atoms with Gasteiger partial charge < -0.3 is 10.1 Å². The van der Waals surface area contributed by atoms with Crippen molar-refractivity contribution < 1.29 is 13.2 Å². The van der Waals surface area contributed by atoms with Gasteiger partial charge in [0.2, 0.25) is 10.0 Å². The Bertz CT molecular complexity index is 519. The number of methoxy groups -OCH3 is 1. The van der Waals surface area contributed by atoms with Crippen LogP contribution in [0.3, 0.4) is 0 Å². The summed E-state index contributed by atoms with van der Waals surface area (Å²) in [5.74, 6) is 0.478. The molecule has 20 heavy (non-hydrogen) atoms. The number of sulfonamides is 1. The molecule has 0 radical (unpaired) electrons. The fourth-order valence-corrected chi connectivity index (χ4v) is 5.44. The van der Waals surface area contributed by atoms with Crippen molar-refractivity contribution in [2.45, 2.75) is 24.3 Å². The van der Waals surface area contributed by atoms with Crippen molar-refractivity contribution in [2.24, 2.45) is 5.92 Å². The maximum absolute atomic E-state index is 12.7. The largest absolute Gasteiger partial charge is 0.384 e. The Balaban J connectivity index is 2.09. The molecular weight excluding hydrogens is 296 g/mol. The lowest BCUT2D eigenvalue weighted by Crippen LogP contribution is -2.39. The molecule has 0 atom stereocenters. The van der Waals surface area contributed by atoms with Gasteiger partial charge in [-0.25, -0.2) is 8.42 Å². The maximum atomic E-state index is 12.7. The molecular formula is C13H22N2O3S2. The Morgan fingerprint density at radius 1 is 1.45 bits per heavy atom. The molecule has 0 amide bonds. The lowest BCUT2D eigenvalue weighted by atomic mass is 9.99. The van der Waals surface area contributed by atoms with E-state index in [9.17, 15) is 8.42 Å². The van der Waals surface area contributed by atoms with Crippen LogP contribution < -0.4 is 5.32 Å². The highest BCUT2D eigenvalue weighted by atomic mass is 32.2. The fraction of sp³-hybridized carbons (Fsp3) is 0.692. The molecule has 0 unspecified atom stereocenters. The maximum Gasteiger partial charge on any atom is 0.244 e. The van der Waals surface area contributed by atoms with Crippen molar-refractivity contribution in [3.05, 3.63) is 16.3 Å². The van der Waals surface area contributed by atoms with Gasteiger partial charge in [-0.2, -0.15) is 4.31 Å². The fourth-order valence-electron chi connectivity index (χ4n) is 2.54. The van der Waals surface area contributed by atoms with Crippen LogP contribution in [0.25, 0.3) is 0 Å². The molecule has 1 aliphatic heterocycles. The van der Waals surface area contributed by atoms with Gasteiger partial charge >= 0.3 is 0 Å². The summed E-state index contributed by atoms with van der Waals surface area (Å²) in [5.41, 5.74) is 0. The predicted molar refractivity (Wildman–Crippen MR) is 80.4 cm³/mol. The number of piperidine rings is 1. The molecule has 0 aromatic carbocycles. The van der Waals surface area contributed by atoms with Crippen LogP contribution in [-0.4, -0.2) is 46.6 Å². The van der Waals surface area contributed by atoms with Gasteiger partial charge in [-0.3, -0.25) is 0 Å². The van der Waals surface area contributed by atoms with E-state index < -0.39 is 10.0 Å². The van der Waals surface area contributed by atoms with E-state index in [1.54, 1.807) is 17.5 Å². The molecule has 1 saturated heterocycles. The number of hydrogen-bond acceptors (Lipinski definition) is 5. The van der Waals surface area contributed by atoms with Crippen LogP contribution >= 0.6 is 11.3 Å². The number of thiophene rings is 1. The van der Waals surface area contributed by atoms with E-state index in [0.29, 0.717) is 30.4 Å². The number of nitrogens with one attached hydrogen (secondary N) is 1. The Labute approximate surface area is 125 Å². The van der Waals surface area contributed by atoms with Crippen LogP contribution in [0.5, 0.6) is 0 Å². The van der Waals surface area contributed by atoms with Crippen LogP contribution in [0.4, 0.5) is 0 Å². The second-order valence-electron chi connectivity index (χ2n) is 5.04. The summed E-state index contributed by atoms with van der Waals surface area (Å²) in [6.07, 6.45) is 1.75. The van der Waals surface area contributed by atoms with E-state index in [4.69, 9.17) is 4.74 Å². The molecule has 0 bridgehead atoms. The Morgan fingerprint density at radius 2 is 2.15 bits per heavy atom. The molecule has 2 rings (SSSR count). The van der Waals surface area contributed by atoms with Crippen LogP contribution in [-0.2, 0) is 21.3 Å². The second kappa shape index (κ2) is 7.00. The highest BCUT2D eigenvalue weighted by molar-refractivity contribution is 7.89. The quantitative estimate of drug-likeness (QED) is 0.864. The summed E-state index contributed by atoms with van der Waals surface area (Å²) in [4.78, 5) is 1.34. The lowest BCUT2D eigenvalue weighted by Gasteiger charge is -2.30. The van der Waals surface area contributed by atoms with E-state index in [-0.39, 0.29) is 0 Å². The Hall–Kier alpha value is -0.470. The van der Waals surface area contributed by atoms with Crippen LogP contribution in [0, 0.1) is 5.92 Å². The van der Waals surface area contributed by atoms with Gasteiger partial charge in [0.25, 0.3) is 0 Å². The number of rotatable bonds is 6. The third-order valence-electron chi connectivity index (χ3n) is 3.64. The highest BCUT2D eigenvalue weighted by Crippen LogP contribution is 2.28. The zero-order chi connectivity index (χ0) is 14.6. The average molecular weight is 318 g/mol. The standard InChI is InChI=1S/C13H22N2O3S2/c1-14-9-12-13(5-8-19-12)20(16,17)15-6-3-11(4-7-15)10-18-2/h5,8,11,14H,3-4,6-7,9-10H2,1-2H3. The zero-order valence-corrected chi connectivity index (χ0v) is 13.6. The van der Waals surface area contributed by atoms with Gasteiger partial charge in [0.15, 0.2) is 0 Å². The molecule has 1 N–H and O–H groups in total. The lowest BCUT2D eigenvalue weighted by molar-refractivity contribution is 0.121. The van der Waals surface area contributed by atoms with E-state index in [1.807, 2.05) is 12.4 Å². The van der Waals surface area contributed by atoms with Crippen LogP contribution in [0.2, 0.25) is 0 Å². The average Bonchev–Trinajstić information content (AvgIpc) is 2.89. The first-order valence-electron chi connectivity index (χ1n) is 6.79. The van der Waals surface area contributed by atoms with Crippen molar-refractivity contribution in [1.82, 2.24) is 9.62 Å². The molecule has 7 heteroatoms. The van der Waals surface area contributed by atoms with E-state index in [0.717, 1.165) is 24.3 Å². The summed E-state index contributed by atoms with van der Waals surface area (Å²) in [6, 6.07) is 1.72. The number of nitrogens with zero attached hydrogens (tertiary/aromatic N) is 1. The zero-order valence-electron chi connectivity index (χ0n) is 12.0. The minimum Gasteiger partial charge on any atom is -0.384 e. The molecule has 2 heterocycles. The van der Waals surface area contributed by atoms with Gasteiger partial charge in [-0.05, 0) is 37.3 Å². The van der Waals surface area contributed by atoms with Crippen molar-refractivity contribution in [2.75, 3.05) is 33.9 Å². The Kier molecular flexibility index (Phi) is 5.57. The third kappa shape index (κ3) is 3.40. The first-order valence-corrected chi connectivity index (χ1v) is 9.11. The van der Waals surface area contributed by atoms with Gasteiger partial charge in [0.1, 0.15) is 0 Å². The number of hydrogen-bond donors (Lipinski definition) is 1. The molecule has 1 fully saturated rings. The van der Waals surface area contributed by atoms with E-state index in [1.165, 1.54) is 11.3 Å². The number of ether oxygens (including phenoxy) is 1. The second-order valence-corrected chi connectivity index (χ2v) is 7.95. The molecule has 0 spiro atoms. The molecule has 1 aromatic rings. The summed E-state index contributed by atoms with van der Waals surface area (Å²) < 4.78 is 32.1. The molecule has 1 aromatic heterocycles. The normalized spacial score (nSPS) is 18.5. The van der Waals surface area contributed by atoms with Gasteiger partial charge in [-0.15, -0.1) is 11.3 Å². The summed E-state index contributed by atoms with van der Waals surface area (Å²) >= 11 is 1.49. The van der Waals surface area contributed by atoms with Crippen LogP contribution in [0.15, 0.2) is 16.3 Å². The minimum absolute atomic E-state index is 0.460. The topological polar surface area (TPSA) is 58.6 Å². The first-order chi connectivity index (χ1) is 9.59. The summed E-state index contributed by atoms with van der Waals surface area (Å²) in [6.45, 7) is 2.49. The van der Waals surface area contributed by atoms with Gasteiger partial charge in [-0.1, -0.05) is 0 Å². The van der Waals surface area contributed by atoms with Gasteiger partial charge in [0, 0.05) is 38.2 Å². The molecule has 0 aliphatic carbocycles. The van der Waals surface area contributed by atoms with Crippen molar-refractivity contribution in [3.8, 4) is 0 Å². The van der Waals surface area contributed by atoms with Crippen molar-refractivity contribution in [3.63, 3.8) is 0 Å². The minimum atomic E-state index is -3.35. The first kappa shape index (κ1) is 15.9. The summed E-state index contributed by atoms with van der Waals surface area (Å²) in [5, 5.41) is 4.86. The smallest absolute Gasteiger partial charge is 0.244 e. The van der Waals surface area contributed by atoms with E-state index >= 15 is 0 Å². The van der Waals surface area contributed by atoms with E-state index in [2.05, 4.69) is 5.32 Å². The Morgan fingerprint density at radius 3 is 2.75 bits per heavy atom. The monoisotopic (exact) mass is 318 g/mol. The molecule has 1 aliphatic rings. The van der Waals surface area contributed by atoms with Crippen molar-refractivity contribution in [1.29, 1.82) is 0 Å².